The second-order valence-corrected chi connectivity index (χ2v) is 9.00. The minimum absolute atomic E-state index is 0.155. The molecule has 1 fully saturated rings. The quantitative estimate of drug-likeness (QED) is 0.708. The minimum atomic E-state index is -3.55. The zero-order valence-corrected chi connectivity index (χ0v) is 17.9. The van der Waals surface area contributed by atoms with Gasteiger partial charge in [0.05, 0.1) is 4.90 Å². The fraction of sp³-hybridized carbons (Fsp3) is 0.450. The lowest BCUT2D eigenvalue weighted by Gasteiger charge is -2.30. The number of aromatic nitrogens is 1. The molecule has 0 aliphatic carbocycles. The summed E-state index contributed by atoms with van der Waals surface area (Å²) in [5, 5.41) is 9.46. The number of sulfonamides is 1. The molecule has 1 saturated heterocycles. The molecule has 2 heterocycles. The Morgan fingerprint density at radius 3 is 2.37 bits per heavy atom. The van der Waals surface area contributed by atoms with Crippen LogP contribution in [0.15, 0.2) is 33.6 Å². The number of amides is 1. The van der Waals surface area contributed by atoms with E-state index in [0.29, 0.717) is 50.5 Å². The molecule has 2 N–H and O–H groups in total. The second kappa shape index (κ2) is 8.85. The van der Waals surface area contributed by atoms with E-state index in [1.165, 1.54) is 16.4 Å². The summed E-state index contributed by atoms with van der Waals surface area (Å²) >= 11 is 0. The lowest BCUT2D eigenvalue weighted by molar-refractivity contribution is -0.122. The maximum Gasteiger partial charge on any atom is 0.243 e. The van der Waals surface area contributed by atoms with E-state index < -0.39 is 10.0 Å². The Labute approximate surface area is 176 Å². The molecule has 0 saturated carbocycles. The first-order valence-electron chi connectivity index (χ1n) is 9.87. The highest BCUT2D eigenvalue weighted by Crippen LogP contribution is 2.31. The molecule has 2 aromatic rings. The summed E-state index contributed by atoms with van der Waals surface area (Å²) in [7, 11) is -3.55. The first kappa shape index (κ1) is 21.8. The average Bonchev–Trinajstić information content (AvgIpc) is 3.19. The van der Waals surface area contributed by atoms with Crippen LogP contribution in [-0.4, -0.2) is 49.8 Å². The number of carbonyl (C=O) groups is 1. The van der Waals surface area contributed by atoms with Crippen molar-refractivity contribution in [3.8, 4) is 17.5 Å². The summed E-state index contributed by atoms with van der Waals surface area (Å²) in [6.07, 6.45) is 1.18. The molecule has 1 aliphatic rings. The van der Waals surface area contributed by atoms with Crippen LogP contribution in [0.2, 0.25) is 0 Å². The standard InChI is InChI=1S/C20H25N5O4S/c1-3-25(4-2)30(27,28)16-7-5-15(6-8-16)19-23-17(13-21)20(29-19)24-11-9-14(10-12-24)18(22)26/h5-8,14H,3-4,9-12H2,1-2H3,(H2,22,26). The molecule has 9 nitrogen and oxygen atoms in total. The molecule has 10 heteroatoms. The number of rotatable bonds is 7. The zero-order valence-electron chi connectivity index (χ0n) is 17.0. The Kier molecular flexibility index (Phi) is 6.43. The van der Waals surface area contributed by atoms with Crippen molar-refractivity contribution in [1.29, 1.82) is 5.26 Å². The lowest BCUT2D eigenvalue weighted by Crippen LogP contribution is -2.38. The number of primary amides is 1. The van der Waals surface area contributed by atoms with Crippen molar-refractivity contribution in [2.24, 2.45) is 11.7 Å². The number of hydrogen-bond acceptors (Lipinski definition) is 7. The Bertz CT molecular complexity index is 1040. The molecule has 1 aromatic carbocycles. The molecular weight excluding hydrogens is 406 g/mol. The zero-order chi connectivity index (χ0) is 21.9. The largest absolute Gasteiger partial charge is 0.419 e. The van der Waals surface area contributed by atoms with Crippen LogP contribution in [0.1, 0.15) is 32.4 Å². The topological polar surface area (TPSA) is 134 Å². The minimum Gasteiger partial charge on any atom is -0.419 e. The molecule has 3 rings (SSSR count). The third-order valence-corrected chi connectivity index (χ3v) is 7.41. The predicted octanol–water partition coefficient (Wildman–Crippen LogP) is 1.95. The molecule has 0 spiro atoms. The van der Waals surface area contributed by atoms with Crippen molar-refractivity contribution in [2.75, 3.05) is 31.1 Å². The highest BCUT2D eigenvalue weighted by molar-refractivity contribution is 7.89. The number of nitriles is 1. The molecule has 1 aromatic heterocycles. The number of anilines is 1. The predicted molar refractivity (Wildman–Crippen MR) is 111 cm³/mol. The van der Waals surface area contributed by atoms with Crippen LogP contribution < -0.4 is 10.6 Å². The van der Waals surface area contributed by atoms with E-state index in [9.17, 15) is 18.5 Å². The molecular formula is C20H25N5O4S. The van der Waals surface area contributed by atoms with Crippen LogP contribution in [0.25, 0.3) is 11.5 Å². The van der Waals surface area contributed by atoms with Crippen LogP contribution in [0.4, 0.5) is 5.88 Å². The maximum absolute atomic E-state index is 12.6. The van der Waals surface area contributed by atoms with Crippen LogP contribution in [0.5, 0.6) is 0 Å². The smallest absolute Gasteiger partial charge is 0.243 e. The number of piperidine rings is 1. The van der Waals surface area contributed by atoms with Gasteiger partial charge in [0.2, 0.25) is 33.4 Å². The average molecular weight is 432 g/mol. The monoisotopic (exact) mass is 431 g/mol. The van der Waals surface area contributed by atoms with Crippen molar-refractivity contribution in [3.63, 3.8) is 0 Å². The first-order valence-corrected chi connectivity index (χ1v) is 11.3. The van der Waals surface area contributed by atoms with Crippen molar-refractivity contribution in [2.45, 2.75) is 31.6 Å². The van der Waals surface area contributed by atoms with Gasteiger partial charge in [0, 0.05) is 37.7 Å². The number of carbonyl (C=O) groups excluding carboxylic acids is 1. The Hall–Kier alpha value is -2.90. The van der Waals surface area contributed by atoms with Gasteiger partial charge < -0.3 is 15.1 Å². The van der Waals surface area contributed by atoms with E-state index in [2.05, 4.69) is 4.98 Å². The molecule has 0 radical (unpaired) electrons. The van der Waals surface area contributed by atoms with Gasteiger partial charge in [-0.1, -0.05) is 13.8 Å². The molecule has 0 bridgehead atoms. The van der Waals surface area contributed by atoms with Crippen LogP contribution >= 0.6 is 0 Å². The Morgan fingerprint density at radius 2 is 1.87 bits per heavy atom. The molecule has 30 heavy (non-hydrogen) atoms. The fourth-order valence-electron chi connectivity index (χ4n) is 3.57. The summed E-state index contributed by atoms with van der Waals surface area (Å²) < 4.78 is 32.5. The third kappa shape index (κ3) is 4.17. The Balaban J connectivity index is 1.84. The van der Waals surface area contributed by atoms with Gasteiger partial charge >= 0.3 is 0 Å². The van der Waals surface area contributed by atoms with Crippen molar-refractivity contribution >= 4 is 21.8 Å². The fourth-order valence-corrected chi connectivity index (χ4v) is 5.03. The summed E-state index contributed by atoms with van der Waals surface area (Å²) in [5.41, 5.74) is 6.10. The molecule has 0 unspecified atom stereocenters. The number of nitrogens with zero attached hydrogens (tertiary/aromatic N) is 4. The van der Waals surface area contributed by atoms with Crippen LogP contribution in [-0.2, 0) is 14.8 Å². The van der Waals surface area contributed by atoms with Gasteiger partial charge in [0.1, 0.15) is 6.07 Å². The summed E-state index contributed by atoms with van der Waals surface area (Å²) in [5.74, 6) is 0.114. The highest BCUT2D eigenvalue weighted by Gasteiger charge is 2.28. The molecule has 1 aliphatic heterocycles. The number of nitrogens with two attached hydrogens (primary N) is 1. The van der Waals surface area contributed by atoms with Crippen LogP contribution in [0.3, 0.4) is 0 Å². The van der Waals surface area contributed by atoms with Crippen molar-refractivity contribution < 1.29 is 17.6 Å². The molecule has 0 atom stereocenters. The first-order chi connectivity index (χ1) is 14.3. The number of hydrogen-bond donors (Lipinski definition) is 1. The van der Waals surface area contributed by atoms with E-state index in [4.69, 9.17) is 10.2 Å². The SMILES string of the molecule is CCN(CC)S(=O)(=O)c1ccc(-c2nc(C#N)c(N3CCC(C(N)=O)CC3)o2)cc1. The van der Waals surface area contributed by atoms with Gasteiger partial charge in [-0.15, -0.1) is 0 Å². The van der Waals surface area contributed by atoms with Gasteiger partial charge in [-0.05, 0) is 37.1 Å². The van der Waals surface area contributed by atoms with Gasteiger partial charge in [-0.3, -0.25) is 4.79 Å². The van der Waals surface area contributed by atoms with Gasteiger partial charge in [-0.25, -0.2) is 8.42 Å². The Morgan fingerprint density at radius 1 is 1.27 bits per heavy atom. The van der Waals surface area contributed by atoms with E-state index >= 15 is 0 Å². The number of benzene rings is 1. The molecule has 1 amide bonds. The van der Waals surface area contributed by atoms with Crippen LogP contribution in [0, 0.1) is 17.2 Å². The van der Waals surface area contributed by atoms with Crippen molar-refractivity contribution in [1.82, 2.24) is 9.29 Å². The van der Waals surface area contributed by atoms with Gasteiger partial charge in [0.15, 0.2) is 0 Å². The van der Waals surface area contributed by atoms with Gasteiger partial charge in [-0.2, -0.15) is 14.6 Å². The normalized spacial score (nSPS) is 15.3. The molecule has 160 valence electrons. The highest BCUT2D eigenvalue weighted by atomic mass is 32.2. The lowest BCUT2D eigenvalue weighted by atomic mass is 9.96. The third-order valence-electron chi connectivity index (χ3n) is 5.34. The maximum atomic E-state index is 12.6. The van der Waals surface area contributed by atoms with Gasteiger partial charge in [0.25, 0.3) is 0 Å². The van der Waals surface area contributed by atoms with E-state index in [1.807, 2.05) is 11.0 Å². The summed E-state index contributed by atoms with van der Waals surface area (Å²) in [4.78, 5) is 17.7. The van der Waals surface area contributed by atoms with E-state index in [0.717, 1.165) is 0 Å². The summed E-state index contributed by atoms with van der Waals surface area (Å²) in [6.45, 7) is 5.44. The van der Waals surface area contributed by atoms with Crippen molar-refractivity contribution in [3.05, 3.63) is 30.0 Å². The van der Waals surface area contributed by atoms with E-state index in [-0.39, 0.29) is 28.3 Å². The number of oxazole rings is 1. The second-order valence-electron chi connectivity index (χ2n) is 7.06. The van der Waals surface area contributed by atoms with E-state index in [1.54, 1.807) is 26.0 Å². The summed E-state index contributed by atoms with van der Waals surface area (Å²) in [6, 6.07) is 8.30.